The summed E-state index contributed by atoms with van der Waals surface area (Å²) in [6.07, 6.45) is -3.06. The number of aliphatic hydroxyl groups excluding tert-OH is 3. The van der Waals surface area contributed by atoms with E-state index < -0.39 is 53.5 Å². The number of urea groups is 1. The lowest BCUT2D eigenvalue weighted by atomic mass is 9.97. The van der Waals surface area contributed by atoms with E-state index in [0.717, 1.165) is 23.2 Å². The number of amides is 2. The van der Waals surface area contributed by atoms with Crippen LogP contribution in [-0.4, -0.2) is 73.8 Å². The van der Waals surface area contributed by atoms with Gasteiger partial charge in [0.15, 0.2) is 11.9 Å². The number of benzene rings is 1. The third kappa shape index (κ3) is 3.34. The zero-order chi connectivity index (χ0) is 20.6. The van der Waals surface area contributed by atoms with Gasteiger partial charge in [-0.3, -0.25) is 25.5 Å². The zero-order valence-corrected chi connectivity index (χ0v) is 14.3. The maximum absolute atomic E-state index is 12.7. The maximum atomic E-state index is 12.7. The lowest BCUT2D eigenvalue weighted by Crippen LogP contribution is -2.66. The summed E-state index contributed by atoms with van der Waals surface area (Å²) < 4.78 is 5.26. The summed E-state index contributed by atoms with van der Waals surface area (Å²) >= 11 is 0. The number of ether oxygens (including phenoxy) is 1. The highest BCUT2D eigenvalue weighted by Crippen LogP contribution is 2.27. The van der Waals surface area contributed by atoms with Gasteiger partial charge in [0.1, 0.15) is 18.3 Å². The summed E-state index contributed by atoms with van der Waals surface area (Å²) in [6.45, 7) is -0.569. The Morgan fingerprint density at radius 2 is 2.11 bits per heavy atom. The van der Waals surface area contributed by atoms with Crippen molar-refractivity contribution in [2.45, 2.75) is 30.2 Å². The van der Waals surface area contributed by atoms with E-state index in [1.165, 1.54) is 18.2 Å². The van der Waals surface area contributed by atoms with Gasteiger partial charge in [0.05, 0.1) is 11.5 Å². The second-order valence-corrected chi connectivity index (χ2v) is 6.39. The van der Waals surface area contributed by atoms with E-state index in [2.05, 4.69) is 5.32 Å². The standard InChI is InChI=1S/C16H18N4O8/c17-16(13(24)8-2-1-3-9(6-8)20(26)27)4-5-19(15(25)18-16)14-12(23)11(22)10(7-21)28-14/h1-6,10-12,14,21-23H,7,17H2,(H,18,25)/t10-,11-,12-,14-,16?/m1/s1. The Kier molecular flexibility index (Phi) is 5.14. The van der Waals surface area contributed by atoms with Crippen LogP contribution in [0.15, 0.2) is 36.5 Å². The quantitative estimate of drug-likeness (QED) is 0.223. The smallest absolute Gasteiger partial charge is 0.325 e. The van der Waals surface area contributed by atoms with Crippen LogP contribution in [0.25, 0.3) is 0 Å². The SMILES string of the molecule is NC1(C(=O)c2cccc([N+](=O)[O-])c2)C=CN([C@@H]2O[C@H](CO)[C@@H](O)[C@H]2O)C(=O)N1. The Bertz CT molecular complexity index is 846. The first-order valence-corrected chi connectivity index (χ1v) is 8.18. The minimum absolute atomic E-state index is 0.0805. The van der Waals surface area contributed by atoms with Crippen LogP contribution in [0.5, 0.6) is 0 Å². The molecular formula is C16H18N4O8. The van der Waals surface area contributed by atoms with E-state index in [9.17, 15) is 29.9 Å². The molecule has 1 aromatic carbocycles. The summed E-state index contributed by atoms with van der Waals surface area (Å²) in [5, 5.41) is 42.1. The molecule has 0 radical (unpaired) electrons. The predicted octanol–water partition coefficient (Wildman–Crippen LogP) is -1.59. The van der Waals surface area contributed by atoms with Crippen molar-refractivity contribution in [3.05, 3.63) is 52.2 Å². The number of nitrogens with zero attached hydrogens (tertiary/aromatic N) is 2. The molecular weight excluding hydrogens is 376 g/mol. The molecule has 2 aliphatic heterocycles. The number of nitro groups is 1. The molecule has 12 heteroatoms. The van der Waals surface area contributed by atoms with Crippen LogP contribution < -0.4 is 11.1 Å². The van der Waals surface area contributed by atoms with E-state index in [4.69, 9.17) is 15.6 Å². The first-order chi connectivity index (χ1) is 13.2. The third-order valence-electron chi connectivity index (χ3n) is 4.53. The topological polar surface area (TPSA) is 188 Å². The van der Waals surface area contributed by atoms with Crippen molar-refractivity contribution in [2.24, 2.45) is 5.73 Å². The first kappa shape index (κ1) is 19.9. The second kappa shape index (κ2) is 7.26. The van der Waals surface area contributed by atoms with E-state index >= 15 is 0 Å². The van der Waals surface area contributed by atoms with Gasteiger partial charge in [-0.25, -0.2) is 4.79 Å². The van der Waals surface area contributed by atoms with Crippen molar-refractivity contribution in [3.8, 4) is 0 Å². The Morgan fingerprint density at radius 1 is 1.39 bits per heavy atom. The molecule has 1 aromatic rings. The van der Waals surface area contributed by atoms with Crippen molar-refractivity contribution in [2.75, 3.05) is 6.61 Å². The number of hydrogen-bond acceptors (Lipinski definition) is 9. The van der Waals surface area contributed by atoms with E-state index in [-0.39, 0.29) is 11.3 Å². The lowest BCUT2D eigenvalue weighted by molar-refractivity contribution is -0.384. The summed E-state index contributed by atoms with van der Waals surface area (Å²) in [5.74, 6) is -0.790. The Morgan fingerprint density at radius 3 is 2.68 bits per heavy atom. The fourth-order valence-electron chi connectivity index (χ4n) is 2.99. The number of non-ortho nitro benzene ring substituents is 1. The number of hydrogen-bond donors (Lipinski definition) is 5. The van der Waals surface area contributed by atoms with Crippen molar-refractivity contribution in [1.82, 2.24) is 10.2 Å². The number of carbonyl (C=O) groups is 2. The fraction of sp³-hybridized carbons (Fsp3) is 0.375. The van der Waals surface area contributed by atoms with E-state index in [1.54, 1.807) is 0 Å². The van der Waals surface area contributed by atoms with Crippen molar-refractivity contribution < 1.29 is 34.6 Å². The van der Waals surface area contributed by atoms with Crippen molar-refractivity contribution >= 4 is 17.5 Å². The molecule has 2 amide bonds. The number of rotatable bonds is 5. The molecule has 12 nitrogen and oxygen atoms in total. The molecule has 1 fully saturated rings. The van der Waals surface area contributed by atoms with Crippen LogP contribution in [0.3, 0.4) is 0 Å². The average Bonchev–Trinajstić information content (AvgIpc) is 2.95. The van der Waals surface area contributed by atoms with Gasteiger partial charge in [0.2, 0.25) is 5.78 Å². The monoisotopic (exact) mass is 394 g/mol. The Balaban J connectivity index is 1.83. The molecule has 0 bridgehead atoms. The van der Waals surface area contributed by atoms with Gasteiger partial charge in [-0.05, 0) is 6.08 Å². The molecule has 2 aliphatic rings. The average molecular weight is 394 g/mol. The van der Waals surface area contributed by atoms with Crippen LogP contribution in [0.4, 0.5) is 10.5 Å². The summed E-state index contributed by atoms with van der Waals surface area (Å²) in [5.41, 5.74) is 3.59. The van der Waals surface area contributed by atoms with Gasteiger partial charge >= 0.3 is 6.03 Å². The van der Waals surface area contributed by atoms with Crippen molar-refractivity contribution in [1.29, 1.82) is 0 Å². The van der Waals surface area contributed by atoms with Gasteiger partial charge in [0.25, 0.3) is 5.69 Å². The molecule has 0 saturated carbocycles. The van der Waals surface area contributed by atoms with Gasteiger partial charge in [-0.2, -0.15) is 0 Å². The van der Waals surface area contributed by atoms with Gasteiger partial charge in [0, 0.05) is 23.9 Å². The number of Topliss-reactive ketones (excluding diaryl/α,β-unsaturated/α-hetero) is 1. The summed E-state index contributed by atoms with van der Waals surface area (Å²) in [7, 11) is 0. The molecule has 6 N–H and O–H groups in total. The number of ketones is 1. The van der Waals surface area contributed by atoms with Crippen LogP contribution in [0, 0.1) is 10.1 Å². The lowest BCUT2D eigenvalue weighted by Gasteiger charge is -2.36. The molecule has 1 saturated heterocycles. The summed E-state index contributed by atoms with van der Waals surface area (Å²) in [4.78, 5) is 36.2. The molecule has 1 unspecified atom stereocenters. The highest BCUT2D eigenvalue weighted by Gasteiger charge is 2.49. The number of aliphatic hydroxyl groups is 3. The number of carbonyl (C=O) groups excluding carboxylic acids is 2. The number of nitrogens with one attached hydrogen (secondary N) is 1. The largest absolute Gasteiger partial charge is 0.394 e. The Labute approximate surface area is 158 Å². The second-order valence-electron chi connectivity index (χ2n) is 6.39. The molecule has 28 heavy (non-hydrogen) atoms. The molecule has 0 spiro atoms. The normalized spacial score (nSPS) is 32.3. The molecule has 0 aromatic heterocycles. The van der Waals surface area contributed by atoms with E-state index in [1.807, 2.05) is 0 Å². The fourth-order valence-corrected chi connectivity index (χ4v) is 2.99. The zero-order valence-electron chi connectivity index (χ0n) is 14.3. The first-order valence-electron chi connectivity index (χ1n) is 8.18. The molecule has 2 heterocycles. The van der Waals surface area contributed by atoms with Crippen LogP contribution >= 0.6 is 0 Å². The van der Waals surface area contributed by atoms with Gasteiger partial charge in [-0.15, -0.1) is 0 Å². The minimum atomic E-state index is -1.98. The maximum Gasteiger partial charge on any atom is 0.325 e. The van der Waals surface area contributed by atoms with E-state index in [0.29, 0.717) is 0 Å². The highest BCUT2D eigenvalue weighted by molar-refractivity contribution is 6.07. The van der Waals surface area contributed by atoms with Crippen LogP contribution in [-0.2, 0) is 4.74 Å². The van der Waals surface area contributed by atoms with Crippen molar-refractivity contribution in [3.63, 3.8) is 0 Å². The minimum Gasteiger partial charge on any atom is -0.394 e. The molecule has 3 rings (SSSR count). The van der Waals surface area contributed by atoms with Crippen LogP contribution in [0.1, 0.15) is 10.4 Å². The summed E-state index contributed by atoms with van der Waals surface area (Å²) in [6, 6.07) is 3.98. The number of nitro benzene ring substituents is 1. The molecule has 150 valence electrons. The third-order valence-corrected chi connectivity index (χ3v) is 4.53. The predicted molar refractivity (Wildman–Crippen MR) is 91.6 cm³/mol. The number of nitrogens with two attached hydrogens (primary N) is 1. The molecule has 0 aliphatic carbocycles. The Hall–Kier alpha value is -2.90. The van der Waals surface area contributed by atoms with Gasteiger partial charge < -0.3 is 25.4 Å². The van der Waals surface area contributed by atoms with Crippen LogP contribution in [0.2, 0.25) is 0 Å². The highest BCUT2D eigenvalue weighted by atomic mass is 16.6. The molecule has 5 atom stereocenters. The van der Waals surface area contributed by atoms with Gasteiger partial charge in [-0.1, -0.05) is 12.1 Å².